The number of likely N-dealkylation sites (tertiary alicyclic amines) is 1. The molecule has 2 aromatic heterocycles. The first kappa shape index (κ1) is 15.1. The molecule has 1 atom stereocenters. The van der Waals surface area contributed by atoms with E-state index in [1.54, 1.807) is 18.5 Å². The largest absolute Gasteiger partial charge is 0.444 e. The fourth-order valence-corrected chi connectivity index (χ4v) is 3.35. The first-order valence-electron chi connectivity index (χ1n) is 7.72. The zero-order valence-electron chi connectivity index (χ0n) is 12.8. The van der Waals surface area contributed by atoms with Gasteiger partial charge in [0.15, 0.2) is 16.3 Å². The molecule has 24 heavy (non-hydrogen) atoms. The van der Waals surface area contributed by atoms with Crippen LogP contribution in [0.4, 0.5) is 0 Å². The predicted octanol–water partition coefficient (Wildman–Crippen LogP) is 3.39. The zero-order chi connectivity index (χ0) is 16.5. The lowest BCUT2D eigenvalue weighted by molar-refractivity contribution is 0.0754. The molecule has 4 rings (SSSR count). The van der Waals surface area contributed by atoms with Crippen molar-refractivity contribution in [1.29, 1.82) is 0 Å². The third kappa shape index (κ3) is 2.75. The lowest BCUT2D eigenvalue weighted by Crippen LogP contribution is -2.28. The molecule has 0 spiro atoms. The van der Waals surface area contributed by atoms with Crippen LogP contribution in [0.15, 0.2) is 57.9 Å². The van der Waals surface area contributed by atoms with Gasteiger partial charge in [0, 0.05) is 18.7 Å². The van der Waals surface area contributed by atoms with Gasteiger partial charge in [-0.15, -0.1) is 10.2 Å². The number of benzene rings is 1. The van der Waals surface area contributed by atoms with E-state index in [4.69, 9.17) is 4.42 Å². The number of amides is 1. The van der Waals surface area contributed by atoms with Gasteiger partial charge in [0.2, 0.25) is 0 Å². The highest BCUT2D eigenvalue weighted by Gasteiger charge is 2.30. The molecular weight excluding hydrogens is 372 g/mol. The minimum atomic E-state index is -0.0856. The second-order valence-electron chi connectivity index (χ2n) is 5.73. The zero-order valence-corrected chi connectivity index (χ0v) is 14.4. The van der Waals surface area contributed by atoms with Crippen LogP contribution in [-0.4, -0.2) is 38.7 Å². The molecule has 0 saturated carbocycles. The number of aromatic nitrogens is 3. The van der Waals surface area contributed by atoms with E-state index in [1.165, 1.54) is 0 Å². The summed E-state index contributed by atoms with van der Waals surface area (Å²) in [7, 11) is 0. The smallest absolute Gasteiger partial charge is 0.289 e. The van der Waals surface area contributed by atoms with Gasteiger partial charge in [0.1, 0.15) is 6.33 Å². The number of furan rings is 1. The van der Waals surface area contributed by atoms with Gasteiger partial charge in [0.05, 0.1) is 6.04 Å². The third-order valence-corrected chi connectivity index (χ3v) is 4.66. The Labute approximate surface area is 147 Å². The van der Waals surface area contributed by atoms with Crippen LogP contribution in [0.1, 0.15) is 23.0 Å². The number of nitrogens with zero attached hydrogens (tertiary/aromatic N) is 4. The van der Waals surface area contributed by atoms with Crippen LogP contribution in [0, 0.1) is 0 Å². The van der Waals surface area contributed by atoms with Crippen molar-refractivity contribution in [3.05, 3.63) is 59.2 Å². The second-order valence-corrected chi connectivity index (χ2v) is 6.51. The maximum Gasteiger partial charge on any atom is 0.289 e. The van der Waals surface area contributed by atoms with Gasteiger partial charge in [-0.05, 0) is 34.5 Å². The number of rotatable bonds is 3. The Balaban J connectivity index is 1.54. The molecule has 1 saturated heterocycles. The Morgan fingerprint density at radius 1 is 1.21 bits per heavy atom. The molecule has 0 radical (unpaired) electrons. The number of hydrogen-bond acceptors (Lipinski definition) is 4. The quantitative estimate of drug-likeness (QED) is 0.691. The van der Waals surface area contributed by atoms with Crippen LogP contribution in [-0.2, 0) is 0 Å². The van der Waals surface area contributed by atoms with E-state index in [0.29, 0.717) is 23.5 Å². The van der Waals surface area contributed by atoms with Gasteiger partial charge in [0.25, 0.3) is 5.91 Å². The first-order chi connectivity index (χ1) is 11.7. The molecule has 6 nitrogen and oxygen atoms in total. The van der Waals surface area contributed by atoms with Crippen LogP contribution in [0.5, 0.6) is 0 Å². The van der Waals surface area contributed by atoms with E-state index in [0.717, 1.165) is 17.8 Å². The molecule has 0 bridgehead atoms. The Kier molecular flexibility index (Phi) is 3.93. The lowest BCUT2D eigenvalue weighted by Gasteiger charge is -2.17. The molecule has 3 heterocycles. The molecule has 0 aliphatic carbocycles. The number of halogens is 1. The van der Waals surface area contributed by atoms with Crippen molar-refractivity contribution in [3.63, 3.8) is 0 Å². The molecule has 3 aromatic rings. The van der Waals surface area contributed by atoms with Gasteiger partial charge < -0.3 is 13.9 Å². The number of hydrogen-bond donors (Lipinski definition) is 0. The first-order valence-corrected chi connectivity index (χ1v) is 8.51. The van der Waals surface area contributed by atoms with Crippen LogP contribution in [0.25, 0.3) is 11.4 Å². The minimum absolute atomic E-state index is 0.0856. The van der Waals surface area contributed by atoms with Crippen LogP contribution in [0.2, 0.25) is 0 Å². The second kappa shape index (κ2) is 6.24. The van der Waals surface area contributed by atoms with Crippen molar-refractivity contribution < 1.29 is 9.21 Å². The van der Waals surface area contributed by atoms with Gasteiger partial charge >= 0.3 is 0 Å². The Hall–Kier alpha value is -2.41. The summed E-state index contributed by atoms with van der Waals surface area (Å²) in [5.74, 6) is 1.10. The number of carbonyl (C=O) groups is 1. The summed E-state index contributed by atoms with van der Waals surface area (Å²) in [6, 6.07) is 13.5. The molecular formula is C17H15BrN4O2. The summed E-state index contributed by atoms with van der Waals surface area (Å²) in [6.07, 6.45) is 2.61. The molecule has 122 valence electrons. The highest BCUT2D eigenvalue weighted by atomic mass is 79.9. The van der Waals surface area contributed by atoms with Crippen LogP contribution >= 0.6 is 15.9 Å². The number of carbonyl (C=O) groups excluding carboxylic acids is 1. The Morgan fingerprint density at radius 3 is 2.79 bits per heavy atom. The maximum absolute atomic E-state index is 12.5. The summed E-state index contributed by atoms with van der Waals surface area (Å²) in [5.41, 5.74) is 1.02. The minimum Gasteiger partial charge on any atom is -0.444 e. The van der Waals surface area contributed by atoms with Crippen molar-refractivity contribution in [2.24, 2.45) is 0 Å². The van der Waals surface area contributed by atoms with E-state index >= 15 is 0 Å². The Bertz CT molecular complexity index is 858. The van der Waals surface area contributed by atoms with E-state index in [1.807, 2.05) is 35.2 Å². The van der Waals surface area contributed by atoms with Gasteiger partial charge in [-0.25, -0.2) is 0 Å². The summed E-state index contributed by atoms with van der Waals surface area (Å²) in [6.45, 7) is 1.31. The molecule has 1 aromatic carbocycles. The summed E-state index contributed by atoms with van der Waals surface area (Å²) >= 11 is 3.23. The van der Waals surface area contributed by atoms with Crippen molar-refractivity contribution in [2.45, 2.75) is 12.5 Å². The molecule has 1 unspecified atom stereocenters. The fraction of sp³-hybridized carbons (Fsp3) is 0.235. The third-order valence-electron chi connectivity index (χ3n) is 4.23. The topological polar surface area (TPSA) is 64.2 Å². The highest BCUT2D eigenvalue weighted by Crippen LogP contribution is 2.28. The molecule has 1 amide bonds. The monoisotopic (exact) mass is 386 g/mol. The van der Waals surface area contributed by atoms with Gasteiger partial charge in [-0.1, -0.05) is 30.3 Å². The predicted molar refractivity (Wildman–Crippen MR) is 91.4 cm³/mol. The molecule has 7 heteroatoms. The molecule has 1 aliphatic heterocycles. The van der Waals surface area contributed by atoms with E-state index < -0.39 is 0 Å². The van der Waals surface area contributed by atoms with Crippen molar-refractivity contribution in [2.75, 3.05) is 13.1 Å². The van der Waals surface area contributed by atoms with Gasteiger partial charge in [-0.2, -0.15) is 0 Å². The van der Waals surface area contributed by atoms with Crippen LogP contribution in [0.3, 0.4) is 0 Å². The molecule has 0 N–H and O–H groups in total. The Morgan fingerprint density at radius 2 is 2.04 bits per heavy atom. The lowest BCUT2D eigenvalue weighted by atomic mass is 10.2. The van der Waals surface area contributed by atoms with E-state index in [-0.39, 0.29) is 11.9 Å². The molecule has 1 aliphatic rings. The summed E-state index contributed by atoms with van der Waals surface area (Å²) in [4.78, 5) is 14.3. The average molecular weight is 387 g/mol. The normalized spacial score (nSPS) is 17.4. The fourth-order valence-electron chi connectivity index (χ4n) is 3.04. The van der Waals surface area contributed by atoms with E-state index in [9.17, 15) is 4.79 Å². The average Bonchev–Trinajstić information content (AvgIpc) is 3.34. The highest BCUT2D eigenvalue weighted by molar-refractivity contribution is 9.10. The van der Waals surface area contributed by atoms with Crippen molar-refractivity contribution >= 4 is 21.8 Å². The SMILES string of the molecule is O=C(c1ccc(Br)o1)N1CCC(n2cnnc2-c2ccccc2)C1. The van der Waals surface area contributed by atoms with Crippen LogP contribution < -0.4 is 0 Å². The van der Waals surface area contributed by atoms with Crippen molar-refractivity contribution in [3.8, 4) is 11.4 Å². The standard InChI is InChI=1S/C17H15BrN4O2/c18-15-7-6-14(24-15)17(23)21-9-8-13(10-21)22-11-19-20-16(22)12-4-2-1-3-5-12/h1-7,11,13H,8-10H2. The van der Waals surface area contributed by atoms with Crippen molar-refractivity contribution in [1.82, 2.24) is 19.7 Å². The van der Waals surface area contributed by atoms with E-state index in [2.05, 4.69) is 30.7 Å². The van der Waals surface area contributed by atoms with Gasteiger partial charge in [-0.3, -0.25) is 4.79 Å². The maximum atomic E-state index is 12.5. The summed E-state index contributed by atoms with van der Waals surface area (Å²) in [5, 5.41) is 8.31. The molecule has 1 fully saturated rings. The summed E-state index contributed by atoms with van der Waals surface area (Å²) < 4.78 is 7.99.